The number of para-hydroxylation sites is 1. The highest BCUT2D eigenvalue weighted by molar-refractivity contribution is 5.93. The first-order valence-corrected chi connectivity index (χ1v) is 12.7. The second-order valence-electron chi connectivity index (χ2n) is 9.75. The normalized spacial score (nSPS) is 22.1. The molecule has 7 heteroatoms. The molecule has 6 rings (SSSR count). The fourth-order valence-electron chi connectivity index (χ4n) is 5.85. The van der Waals surface area contributed by atoms with Crippen LogP contribution in [0.25, 0.3) is 10.9 Å². The number of hydrogen-bond acceptors (Lipinski definition) is 4. The molecule has 2 aromatic carbocycles. The molecule has 2 saturated heterocycles. The van der Waals surface area contributed by atoms with E-state index >= 15 is 0 Å². The molecular weight excluding hydrogens is 442 g/mol. The first-order valence-electron chi connectivity index (χ1n) is 12.7. The van der Waals surface area contributed by atoms with Gasteiger partial charge in [-0.2, -0.15) is 0 Å². The number of piperidine rings is 1. The molecule has 3 aliphatic heterocycles. The molecule has 0 saturated carbocycles. The SMILES string of the molecule is O=C(NOC1CCCCO1)c1ccc(Cn2c3c(c4ccccc42)CCN2C(=O)CCCC32)cc1. The topological polar surface area (TPSA) is 72.8 Å². The minimum absolute atomic E-state index is 0.150. The molecule has 1 aromatic heterocycles. The smallest absolute Gasteiger partial charge is 0.274 e. The van der Waals surface area contributed by atoms with E-state index in [0.29, 0.717) is 25.1 Å². The van der Waals surface area contributed by atoms with E-state index in [1.54, 1.807) is 0 Å². The summed E-state index contributed by atoms with van der Waals surface area (Å²) in [5, 5.41) is 1.29. The number of aromatic nitrogens is 1. The lowest BCUT2D eigenvalue weighted by Crippen LogP contribution is -2.43. The summed E-state index contributed by atoms with van der Waals surface area (Å²) >= 11 is 0. The van der Waals surface area contributed by atoms with Crippen molar-refractivity contribution in [1.29, 1.82) is 0 Å². The number of carbonyl (C=O) groups excluding carboxylic acids is 2. The van der Waals surface area contributed by atoms with Gasteiger partial charge in [0.05, 0.1) is 6.04 Å². The lowest BCUT2D eigenvalue weighted by atomic mass is 9.90. The van der Waals surface area contributed by atoms with Crippen molar-refractivity contribution in [3.05, 3.63) is 70.9 Å². The number of carbonyl (C=O) groups is 2. The zero-order valence-corrected chi connectivity index (χ0v) is 19.9. The monoisotopic (exact) mass is 473 g/mol. The lowest BCUT2D eigenvalue weighted by molar-refractivity contribution is -0.186. The average molecular weight is 474 g/mol. The first-order chi connectivity index (χ1) is 17.2. The molecule has 7 nitrogen and oxygen atoms in total. The van der Waals surface area contributed by atoms with Crippen LogP contribution in [0.15, 0.2) is 48.5 Å². The maximum atomic E-state index is 12.6. The molecule has 2 unspecified atom stereocenters. The summed E-state index contributed by atoms with van der Waals surface area (Å²) in [7, 11) is 0. The highest BCUT2D eigenvalue weighted by Crippen LogP contribution is 2.42. The third-order valence-corrected chi connectivity index (χ3v) is 7.58. The van der Waals surface area contributed by atoms with E-state index < -0.39 is 0 Å². The van der Waals surface area contributed by atoms with Gasteiger partial charge < -0.3 is 14.2 Å². The Kier molecular flexibility index (Phi) is 6.04. The van der Waals surface area contributed by atoms with Gasteiger partial charge in [-0.1, -0.05) is 30.3 Å². The van der Waals surface area contributed by atoms with Crippen LogP contribution in [0, 0.1) is 0 Å². The van der Waals surface area contributed by atoms with Gasteiger partial charge >= 0.3 is 0 Å². The Labute approximate surface area is 204 Å². The Balaban J connectivity index is 1.24. The van der Waals surface area contributed by atoms with Crippen molar-refractivity contribution < 1.29 is 19.2 Å². The summed E-state index contributed by atoms with van der Waals surface area (Å²) in [4.78, 5) is 32.7. The van der Waals surface area contributed by atoms with Gasteiger partial charge in [-0.05, 0) is 61.4 Å². The van der Waals surface area contributed by atoms with Gasteiger partial charge in [-0.3, -0.25) is 9.59 Å². The number of hydrogen-bond donors (Lipinski definition) is 1. The third-order valence-electron chi connectivity index (χ3n) is 7.58. The molecule has 1 N–H and O–H groups in total. The van der Waals surface area contributed by atoms with Crippen LogP contribution in [0.5, 0.6) is 0 Å². The van der Waals surface area contributed by atoms with Crippen LogP contribution in [-0.2, 0) is 27.3 Å². The molecule has 3 aliphatic rings. The number of rotatable bonds is 5. The number of amides is 2. The summed E-state index contributed by atoms with van der Waals surface area (Å²) in [5.41, 5.74) is 8.07. The van der Waals surface area contributed by atoms with Gasteiger partial charge in [0.15, 0.2) is 6.29 Å². The summed E-state index contributed by atoms with van der Waals surface area (Å²) in [6.45, 7) is 2.17. The molecule has 4 heterocycles. The van der Waals surface area contributed by atoms with E-state index in [-0.39, 0.29) is 24.1 Å². The average Bonchev–Trinajstić information content (AvgIpc) is 3.22. The van der Waals surface area contributed by atoms with Crippen LogP contribution < -0.4 is 5.48 Å². The molecular formula is C28H31N3O4. The Hall–Kier alpha value is -3.16. The molecule has 2 atom stereocenters. The zero-order chi connectivity index (χ0) is 23.8. The van der Waals surface area contributed by atoms with Crippen molar-refractivity contribution in [1.82, 2.24) is 14.9 Å². The van der Waals surface area contributed by atoms with Crippen molar-refractivity contribution >= 4 is 22.7 Å². The molecule has 35 heavy (non-hydrogen) atoms. The molecule has 182 valence electrons. The van der Waals surface area contributed by atoms with Gasteiger partial charge in [0.1, 0.15) is 0 Å². The fourth-order valence-corrected chi connectivity index (χ4v) is 5.85. The first kappa shape index (κ1) is 22.3. The maximum absolute atomic E-state index is 12.6. The van der Waals surface area contributed by atoms with Gasteiger partial charge in [-0.25, -0.2) is 10.3 Å². The summed E-state index contributed by atoms with van der Waals surface area (Å²) < 4.78 is 7.89. The van der Waals surface area contributed by atoms with Gasteiger partial charge in [0.25, 0.3) is 5.91 Å². The van der Waals surface area contributed by atoms with Crippen LogP contribution in [0.4, 0.5) is 0 Å². The van der Waals surface area contributed by atoms with Crippen LogP contribution in [0.2, 0.25) is 0 Å². The molecule has 0 radical (unpaired) electrons. The van der Waals surface area contributed by atoms with Crippen LogP contribution in [-0.4, -0.2) is 40.7 Å². The number of ether oxygens (including phenoxy) is 1. The van der Waals surface area contributed by atoms with E-state index in [0.717, 1.165) is 50.6 Å². The second kappa shape index (κ2) is 9.47. The summed E-state index contributed by atoms with van der Waals surface area (Å²) in [6.07, 6.45) is 6.01. The van der Waals surface area contributed by atoms with E-state index in [2.05, 4.69) is 39.2 Å². The molecule has 2 fully saturated rings. The van der Waals surface area contributed by atoms with E-state index in [4.69, 9.17) is 9.57 Å². The van der Waals surface area contributed by atoms with Crippen molar-refractivity contribution in [2.45, 2.75) is 63.8 Å². The van der Waals surface area contributed by atoms with Gasteiger partial charge in [-0.15, -0.1) is 0 Å². The lowest BCUT2D eigenvalue weighted by Gasteiger charge is -2.40. The van der Waals surface area contributed by atoms with Crippen molar-refractivity contribution in [2.24, 2.45) is 0 Å². The minimum atomic E-state index is -0.369. The van der Waals surface area contributed by atoms with Crippen LogP contribution in [0.1, 0.15) is 71.7 Å². The highest BCUT2D eigenvalue weighted by atomic mass is 16.8. The molecule has 3 aromatic rings. The standard InChI is InChI=1S/C28H31N3O4/c32-25-9-5-8-24-27-22(15-16-30(24)25)21-6-1-2-7-23(21)31(27)18-19-11-13-20(14-12-19)28(33)29-35-26-10-3-4-17-34-26/h1-2,6-7,11-14,24,26H,3-5,8-10,15-18H2,(H,29,33). The van der Waals surface area contributed by atoms with Crippen molar-refractivity contribution in [3.8, 4) is 0 Å². The number of benzene rings is 2. The van der Waals surface area contributed by atoms with Crippen LogP contribution >= 0.6 is 0 Å². The number of hydroxylamine groups is 1. The predicted octanol–water partition coefficient (Wildman–Crippen LogP) is 4.49. The maximum Gasteiger partial charge on any atom is 0.274 e. The molecule has 2 amide bonds. The molecule has 0 bridgehead atoms. The Morgan fingerprint density at radius 1 is 1.03 bits per heavy atom. The van der Waals surface area contributed by atoms with E-state index in [9.17, 15) is 9.59 Å². The summed E-state index contributed by atoms with van der Waals surface area (Å²) in [5.74, 6) is 0.00536. The zero-order valence-electron chi connectivity index (χ0n) is 19.9. The molecule has 0 spiro atoms. The number of nitrogens with one attached hydrogen (secondary N) is 1. The number of nitrogens with zero attached hydrogens (tertiary/aromatic N) is 2. The number of fused-ring (bicyclic) bond motifs is 5. The van der Waals surface area contributed by atoms with Crippen molar-refractivity contribution in [3.63, 3.8) is 0 Å². The van der Waals surface area contributed by atoms with Gasteiger partial charge in [0.2, 0.25) is 5.91 Å². The Bertz CT molecular complexity index is 1240. The molecule has 0 aliphatic carbocycles. The Morgan fingerprint density at radius 3 is 2.71 bits per heavy atom. The highest BCUT2D eigenvalue weighted by Gasteiger charge is 2.37. The van der Waals surface area contributed by atoms with E-state index in [1.807, 2.05) is 24.3 Å². The predicted molar refractivity (Wildman–Crippen MR) is 132 cm³/mol. The quantitative estimate of drug-likeness (QED) is 0.555. The third kappa shape index (κ3) is 4.23. The largest absolute Gasteiger partial charge is 0.350 e. The van der Waals surface area contributed by atoms with Crippen LogP contribution in [0.3, 0.4) is 0 Å². The minimum Gasteiger partial charge on any atom is -0.350 e. The Morgan fingerprint density at radius 2 is 1.89 bits per heavy atom. The summed E-state index contributed by atoms with van der Waals surface area (Å²) in [6, 6.07) is 16.4. The van der Waals surface area contributed by atoms with Crippen molar-refractivity contribution in [2.75, 3.05) is 13.2 Å². The fraction of sp³-hybridized carbons (Fsp3) is 0.429. The second-order valence-corrected chi connectivity index (χ2v) is 9.75. The van der Waals surface area contributed by atoms with Gasteiger partial charge in [0, 0.05) is 54.7 Å². The van der Waals surface area contributed by atoms with E-state index in [1.165, 1.54) is 22.2 Å².